The Morgan fingerprint density at radius 3 is 2.50 bits per heavy atom. The maximum atomic E-state index is 5.87. The minimum absolute atomic E-state index is 0.861. The summed E-state index contributed by atoms with van der Waals surface area (Å²) in [5, 5.41) is 2.34. The van der Waals surface area contributed by atoms with Gasteiger partial charge in [-0.3, -0.25) is 4.98 Å². The first-order valence-electron chi connectivity index (χ1n) is 6.70. The van der Waals surface area contributed by atoms with E-state index < -0.39 is 0 Å². The molecule has 2 aromatic carbocycles. The van der Waals surface area contributed by atoms with Gasteiger partial charge in [-0.15, -0.1) is 0 Å². The molecule has 0 unspecified atom stereocenters. The second kappa shape index (κ2) is 4.49. The smallest absolute Gasteiger partial charge is 0.153 e. The average Bonchev–Trinajstić information content (AvgIpc) is 2.88. The normalized spacial score (nSPS) is 11.2. The van der Waals surface area contributed by atoms with E-state index in [1.807, 2.05) is 30.5 Å². The Morgan fingerprint density at radius 2 is 1.60 bits per heavy atom. The van der Waals surface area contributed by atoms with Crippen LogP contribution in [-0.4, -0.2) is 4.98 Å². The van der Waals surface area contributed by atoms with Crippen LogP contribution < -0.4 is 0 Å². The van der Waals surface area contributed by atoms with Crippen molar-refractivity contribution < 1.29 is 4.42 Å². The molecule has 0 spiro atoms. The molecule has 2 nitrogen and oxygen atoms in total. The molecule has 4 aromatic rings. The van der Waals surface area contributed by atoms with Gasteiger partial charge in [0.2, 0.25) is 0 Å². The second-order valence-electron chi connectivity index (χ2n) is 4.93. The van der Waals surface area contributed by atoms with E-state index in [-0.39, 0.29) is 0 Å². The van der Waals surface area contributed by atoms with Gasteiger partial charge in [0.15, 0.2) is 5.58 Å². The Morgan fingerprint density at radius 1 is 0.800 bits per heavy atom. The Hall–Kier alpha value is -2.61. The van der Waals surface area contributed by atoms with Gasteiger partial charge in [0.1, 0.15) is 5.58 Å². The lowest BCUT2D eigenvalue weighted by Crippen LogP contribution is -1.89. The Balaban J connectivity index is 1.95. The lowest BCUT2D eigenvalue weighted by molar-refractivity contribution is 0.666. The van der Waals surface area contributed by atoms with Gasteiger partial charge in [0.25, 0.3) is 0 Å². The summed E-state index contributed by atoms with van der Waals surface area (Å²) in [7, 11) is 0. The zero-order valence-corrected chi connectivity index (χ0v) is 10.9. The number of para-hydroxylation sites is 1. The molecule has 20 heavy (non-hydrogen) atoms. The largest absolute Gasteiger partial charge is 0.454 e. The summed E-state index contributed by atoms with van der Waals surface area (Å²) in [6.07, 6.45) is 4.61. The highest BCUT2D eigenvalue weighted by atomic mass is 16.3. The fourth-order valence-electron chi connectivity index (χ4n) is 2.70. The fourth-order valence-corrected chi connectivity index (χ4v) is 2.70. The molecule has 0 aliphatic carbocycles. The predicted octanol–water partition coefficient (Wildman–Crippen LogP) is 4.57. The van der Waals surface area contributed by atoms with Gasteiger partial charge in [-0.1, -0.05) is 48.5 Å². The predicted molar refractivity (Wildman–Crippen MR) is 80.8 cm³/mol. The van der Waals surface area contributed by atoms with Crippen LogP contribution in [0.3, 0.4) is 0 Å². The van der Waals surface area contributed by atoms with Gasteiger partial charge in [-0.25, -0.2) is 0 Å². The van der Waals surface area contributed by atoms with Crippen LogP contribution in [0.2, 0.25) is 0 Å². The second-order valence-corrected chi connectivity index (χ2v) is 4.93. The van der Waals surface area contributed by atoms with Crippen molar-refractivity contribution in [1.29, 1.82) is 0 Å². The van der Waals surface area contributed by atoms with Gasteiger partial charge in [-0.05, 0) is 23.6 Å². The number of furan rings is 1. The van der Waals surface area contributed by atoms with Crippen molar-refractivity contribution in [3.05, 3.63) is 78.1 Å². The minimum atomic E-state index is 0.861. The van der Waals surface area contributed by atoms with Crippen molar-refractivity contribution in [3.8, 4) is 0 Å². The standard InChI is InChI=1S/C18H13NO/c1-2-6-13(7-3-1)10-14-11-19-12-17-18(14)15-8-4-5-9-16(15)20-17/h1-9,11-12H,10H2. The number of nitrogens with zero attached hydrogens (tertiary/aromatic N) is 1. The summed E-state index contributed by atoms with van der Waals surface area (Å²) >= 11 is 0. The molecule has 0 saturated carbocycles. The molecular weight excluding hydrogens is 246 g/mol. The topological polar surface area (TPSA) is 26.0 Å². The van der Waals surface area contributed by atoms with Crippen molar-refractivity contribution >= 4 is 21.9 Å². The van der Waals surface area contributed by atoms with Crippen LogP contribution in [-0.2, 0) is 6.42 Å². The number of aromatic nitrogens is 1. The first-order valence-corrected chi connectivity index (χ1v) is 6.70. The summed E-state index contributed by atoms with van der Waals surface area (Å²) in [5.74, 6) is 0. The van der Waals surface area contributed by atoms with Gasteiger partial charge in [0, 0.05) is 17.0 Å². The summed E-state index contributed by atoms with van der Waals surface area (Å²) in [4.78, 5) is 4.31. The van der Waals surface area contributed by atoms with Gasteiger partial charge < -0.3 is 4.42 Å². The SMILES string of the molecule is c1ccc(Cc2cncc3oc4ccccc4c23)cc1. The van der Waals surface area contributed by atoms with Crippen molar-refractivity contribution in [2.45, 2.75) is 6.42 Å². The summed E-state index contributed by atoms with van der Waals surface area (Å²) in [6, 6.07) is 18.6. The molecule has 0 aliphatic rings. The maximum absolute atomic E-state index is 5.87. The third kappa shape index (κ3) is 1.77. The van der Waals surface area contributed by atoms with Gasteiger partial charge in [-0.2, -0.15) is 0 Å². The summed E-state index contributed by atoms with van der Waals surface area (Å²) in [6.45, 7) is 0. The highest BCUT2D eigenvalue weighted by Gasteiger charge is 2.11. The van der Waals surface area contributed by atoms with E-state index in [9.17, 15) is 0 Å². The quantitative estimate of drug-likeness (QED) is 0.527. The number of hydrogen-bond acceptors (Lipinski definition) is 2. The molecule has 0 atom stereocenters. The number of benzene rings is 2. The van der Waals surface area contributed by atoms with Crippen molar-refractivity contribution in [2.75, 3.05) is 0 Å². The highest BCUT2D eigenvalue weighted by Crippen LogP contribution is 2.31. The third-order valence-electron chi connectivity index (χ3n) is 3.60. The molecule has 0 bridgehead atoms. The highest BCUT2D eigenvalue weighted by molar-refractivity contribution is 6.06. The van der Waals surface area contributed by atoms with Crippen LogP contribution in [0.25, 0.3) is 21.9 Å². The van der Waals surface area contributed by atoms with Crippen LogP contribution in [0, 0.1) is 0 Å². The van der Waals surface area contributed by atoms with Gasteiger partial charge in [0.05, 0.1) is 6.20 Å². The van der Waals surface area contributed by atoms with E-state index in [0.717, 1.165) is 23.0 Å². The number of hydrogen-bond donors (Lipinski definition) is 0. The van der Waals surface area contributed by atoms with E-state index in [1.54, 1.807) is 6.20 Å². The van der Waals surface area contributed by atoms with Crippen LogP contribution >= 0.6 is 0 Å². The molecule has 2 heterocycles. The number of rotatable bonds is 2. The van der Waals surface area contributed by atoms with Crippen molar-refractivity contribution in [3.63, 3.8) is 0 Å². The molecule has 0 amide bonds. The fraction of sp³-hybridized carbons (Fsp3) is 0.0556. The van der Waals surface area contributed by atoms with E-state index in [2.05, 4.69) is 35.3 Å². The summed E-state index contributed by atoms with van der Waals surface area (Å²) in [5.41, 5.74) is 4.27. The molecule has 2 aromatic heterocycles. The first-order chi connectivity index (χ1) is 9.92. The van der Waals surface area contributed by atoms with Gasteiger partial charge >= 0.3 is 0 Å². The van der Waals surface area contributed by atoms with E-state index in [1.165, 1.54) is 16.5 Å². The molecule has 96 valence electrons. The Labute approximate surface area is 116 Å². The van der Waals surface area contributed by atoms with Crippen LogP contribution in [0.5, 0.6) is 0 Å². The number of fused-ring (bicyclic) bond motifs is 3. The van der Waals surface area contributed by atoms with E-state index >= 15 is 0 Å². The van der Waals surface area contributed by atoms with Crippen molar-refractivity contribution in [1.82, 2.24) is 4.98 Å². The average molecular weight is 259 g/mol. The summed E-state index contributed by atoms with van der Waals surface area (Å²) < 4.78 is 5.87. The molecular formula is C18H13NO. The molecule has 0 aliphatic heterocycles. The van der Waals surface area contributed by atoms with Crippen LogP contribution in [0.1, 0.15) is 11.1 Å². The Kier molecular flexibility index (Phi) is 2.52. The monoisotopic (exact) mass is 259 g/mol. The van der Waals surface area contributed by atoms with E-state index in [0.29, 0.717) is 0 Å². The molecule has 4 rings (SSSR count). The Bertz CT molecular complexity index is 878. The lowest BCUT2D eigenvalue weighted by Gasteiger charge is -2.03. The molecule has 0 N–H and O–H groups in total. The van der Waals surface area contributed by atoms with Crippen molar-refractivity contribution in [2.24, 2.45) is 0 Å². The zero-order valence-electron chi connectivity index (χ0n) is 10.9. The number of pyridine rings is 1. The third-order valence-corrected chi connectivity index (χ3v) is 3.60. The lowest BCUT2D eigenvalue weighted by atomic mass is 10.0. The van der Waals surface area contributed by atoms with Crippen LogP contribution in [0.4, 0.5) is 0 Å². The molecule has 0 saturated heterocycles. The molecule has 0 radical (unpaired) electrons. The minimum Gasteiger partial charge on any atom is -0.454 e. The maximum Gasteiger partial charge on any atom is 0.153 e. The van der Waals surface area contributed by atoms with E-state index in [4.69, 9.17) is 4.42 Å². The zero-order chi connectivity index (χ0) is 13.4. The molecule has 2 heteroatoms. The first kappa shape index (κ1) is 11.2. The van der Waals surface area contributed by atoms with Crippen LogP contribution in [0.15, 0.2) is 71.4 Å². The molecule has 0 fully saturated rings.